The first-order valence-corrected chi connectivity index (χ1v) is 11.0. The number of urea groups is 1. The SMILES string of the molecule is O=C1NCC(c2ccc(-c3ccc(C4CC4)s3)cc2)N1c1ccc2c(c1)N=CC2. The lowest BCUT2D eigenvalue weighted by Gasteiger charge is -2.24. The van der Waals surface area contributed by atoms with Crippen molar-refractivity contribution in [1.29, 1.82) is 0 Å². The van der Waals surface area contributed by atoms with Gasteiger partial charge in [0.15, 0.2) is 0 Å². The highest BCUT2D eigenvalue weighted by atomic mass is 32.1. The second kappa shape index (κ2) is 6.56. The molecule has 3 heterocycles. The predicted molar refractivity (Wildman–Crippen MR) is 119 cm³/mol. The predicted octanol–water partition coefficient (Wildman–Crippen LogP) is 5.82. The van der Waals surface area contributed by atoms with E-state index >= 15 is 0 Å². The van der Waals surface area contributed by atoms with Gasteiger partial charge in [-0.15, -0.1) is 11.3 Å². The Morgan fingerprint density at radius 1 is 1.03 bits per heavy atom. The number of aliphatic imine (C=N–C) groups is 1. The second-order valence-corrected chi connectivity index (χ2v) is 9.11. The lowest BCUT2D eigenvalue weighted by Crippen LogP contribution is -2.29. The van der Waals surface area contributed by atoms with Crippen molar-refractivity contribution < 1.29 is 4.79 Å². The van der Waals surface area contributed by atoms with Crippen molar-refractivity contribution >= 4 is 35.0 Å². The van der Waals surface area contributed by atoms with Crippen LogP contribution in [0.15, 0.2) is 59.6 Å². The van der Waals surface area contributed by atoms with Gasteiger partial charge in [0.2, 0.25) is 0 Å². The van der Waals surface area contributed by atoms with Crippen LogP contribution in [0.5, 0.6) is 0 Å². The first kappa shape index (κ1) is 17.0. The molecule has 0 bridgehead atoms. The third-order valence-electron chi connectivity index (χ3n) is 6.05. The summed E-state index contributed by atoms with van der Waals surface area (Å²) in [6.07, 6.45) is 5.47. The molecule has 144 valence electrons. The number of rotatable bonds is 4. The molecule has 29 heavy (non-hydrogen) atoms. The fraction of sp³-hybridized carbons (Fsp3) is 0.250. The van der Waals surface area contributed by atoms with E-state index in [-0.39, 0.29) is 12.1 Å². The molecular weight excluding hydrogens is 378 g/mol. The van der Waals surface area contributed by atoms with Gasteiger partial charge in [0.25, 0.3) is 0 Å². The Labute approximate surface area is 173 Å². The van der Waals surface area contributed by atoms with E-state index in [1.807, 2.05) is 34.6 Å². The van der Waals surface area contributed by atoms with E-state index in [2.05, 4.69) is 52.8 Å². The van der Waals surface area contributed by atoms with Gasteiger partial charge in [0, 0.05) is 34.6 Å². The van der Waals surface area contributed by atoms with Crippen LogP contribution in [0.4, 0.5) is 16.2 Å². The van der Waals surface area contributed by atoms with E-state index in [9.17, 15) is 4.79 Å². The van der Waals surface area contributed by atoms with E-state index in [1.54, 1.807) is 0 Å². The standard InChI is InChI=1S/C24H21N3OS/c28-24-26-14-21(27(24)19-8-7-15-11-12-25-20(15)13-19)16-1-3-17(4-2-16)22-9-10-23(29-22)18-5-6-18/h1-4,7-10,12-13,18,21H,5-6,11,14H2,(H,26,28). The molecule has 2 aliphatic heterocycles. The first-order valence-electron chi connectivity index (χ1n) is 10.2. The average molecular weight is 400 g/mol. The number of carbonyl (C=O) groups is 1. The number of benzene rings is 2. The van der Waals surface area contributed by atoms with Crippen molar-refractivity contribution in [2.75, 3.05) is 11.4 Å². The van der Waals surface area contributed by atoms with Gasteiger partial charge < -0.3 is 5.32 Å². The molecule has 1 saturated carbocycles. The summed E-state index contributed by atoms with van der Waals surface area (Å²) >= 11 is 1.91. The minimum absolute atomic E-state index is 0.00894. The number of carbonyl (C=O) groups excluding carboxylic acids is 1. The fourth-order valence-corrected chi connectivity index (χ4v) is 5.45. The van der Waals surface area contributed by atoms with Crippen molar-refractivity contribution in [3.8, 4) is 10.4 Å². The molecule has 1 unspecified atom stereocenters. The molecular formula is C24H21N3OS. The summed E-state index contributed by atoms with van der Waals surface area (Å²) < 4.78 is 0. The molecule has 1 N–H and O–H groups in total. The smallest absolute Gasteiger partial charge is 0.322 e. The minimum atomic E-state index is -0.0478. The topological polar surface area (TPSA) is 44.7 Å². The second-order valence-electron chi connectivity index (χ2n) is 8.00. The molecule has 1 aliphatic carbocycles. The Balaban J connectivity index is 1.29. The van der Waals surface area contributed by atoms with E-state index < -0.39 is 0 Å². The maximum atomic E-state index is 12.6. The van der Waals surface area contributed by atoms with Crippen LogP contribution >= 0.6 is 11.3 Å². The molecule has 1 saturated heterocycles. The molecule has 4 nitrogen and oxygen atoms in total. The number of nitrogens with one attached hydrogen (secondary N) is 1. The Morgan fingerprint density at radius 2 is 1.90 bits per heavy atom. The molecule has 0 radical (unpaired) electrons. The number of fused-ring (bicyclic) bond motifs is 1. The lowest BCUT2D eigenvalue weighted by atomic mass is 10.0. The van der Waals surface area contributed by atoms with Gasteiger partial charge in [-0.25, -0.2) is 4.79 Å². The molecule has 1 aromatic heterocycles. The maximum absolute atomic E-state index is 12.6. The number of hydrogen-bond donors (Lipinski definition) is 1. The highest BCUT2D eigenvalue weighted by Gasteiger charge is 2.33. The van der Waals surface area contributed by atoms with E-state index in [1.165, 1.54) is 33.7 Å². The summed E-state index contributed by atoms with van der Waals surface area (Å²) in [5, 5.41) is 3.00. The molecule has 0 spiro atoms. The van der Waals surface area contributed by atoms with Gasteiger partial charge in [0.05, 0.1) is 11.7 Å². The quantitative estimate of drug-likeness (QED) is 0.590. The van der Waals surface area contributed by atoms with Gasteiger partial charge in [-0.05, 0) is 59.7 Å². The zero-order valence-electron chi connectivity index (χ0n) is 16.0. The first-order chi connectivity index (χ1) is 14.3. The van der Waals surface area contributed by atoms with Crippen molar-refractivity contribution in [2.45, 2.75) is 31.2 Å². The Bertz CT molecular complexity index is 1130. The van der Waals surface area contributed by atoms with Crippen LogP contribution in [-0.2, 0) is 6.42 Å². The molecule has 2 aromatic carbocycles. The van der Waals surface area contributed by atoms with Crippen LogP contribution in [0.25, 0.3) is 10.4 Å². The molecule has 2 amide bonds. The van der Waals surface area contributed by atoms with Crippen LogP contribution in [0.1, 0.15) is 40.8 Å². The summed E-state index contributed by atoms with van der Waals surface area (Å²) in [6.45, 7) is 0.614. The summed E-state index contributed by atoms with van der Waals surface area (Å²) in [4.78, 5) is 21.7. The van der Waals surface area contributed by atoms with Crippen LogP contribution in [0, 0.1) is 0 Å². The highest BCUT2D eigenvalue weighted by molar-refractivity contribution is 7.15. The van der Waals surface area contributed by atoms with Gasteiger partial charge in [-0.1, -0.05) is 30.3 Å². The van der Waals surface area contributed by atoms with Gasteiger partial charge in [0.1, 0.15) is 0 Å². The van der Waals surface area contributed by atoms with Gasteiger partial charge in [-0.2, -0.15) is 0 Å². The van der Waals surface area contributed by atoms with Crippen molar-refractivity contribution in [3.63, 3.8) is 0 Å². The molecule has 1 atom stereocenters. The van der Waals surface area contributed by atoms with E-state index in [4.69, 9.17) is 0 Å². The zero-order chi connectivity index (χ0) is 19.4. The lowest BCUT2D eigenvalue weighted by molar-refractivity contribution is 0.251. The Kier molecular flexibility index (Phi) is 3.84. The summed E-state index contributed by atoms with van der Waals surface area (Å²) in [5.41, 5.74) is 5.49. The van der Waals surface area contributed by atoms with Gasteiger partial charge in [-0.3, -0.25) is 9.89 Å². The number of thiophene rings is 1. The number of amides is 2. The molecule has 5 heteroatoms. The fourth-order valence-electron chi connectivity index (χ4n) is 4.27. The normalized spacial score (nSPS) is 20.2. The average Bonchev–Trinajstić information content (AvgIpc) is 3.15. The molecule has 2 fully saturated rings. The maximum Gasteiger partial charge on any atom is 0.322 e. The number of hydrogen-bond acceptors (Lipinski definition) is 3. The van der Waals surface area contributed by atoms with Crippen molar-refractivity contribution in [2.24, 2.45) is 4.99 Å². The Morgan fingerprint density at radius 3 is 2.72 bits per heavy atom. The monoisotopic (exact) mass is 399 g/mol. The molecule has 3 aromatic rings. The third-order valence-corrected chi connectivity index (χ3v) is 7.35. The van der Waals surface area contributed by atoms with Crippen LogP contribution < -0.4 is 10.2 Å². The summed E-state index contributed by atoms with van der Waals surface area (Å²) in [7, 11) is 0. The largest absolute Gasteiger partial charge is 0.335 e. The van der Waals surface area contributed by atoms with Crippen LogP contribution in [0.3, 0.4) is 0 Å². The zero-order valence-corrected chi connectivity index (χ0v) is 16.8. The third kappa shape index (κ3) is 2.97. The molecule has 6 rings (SSSR count). The number of anilines is 1. The van der Waals surface area contributed by atoms with Gasteiger partial charge >= 0.3 is 6.03 Å². The van der Waals surface area contributed by atoms with E-state index in [0.717, 1.165) is 29.3 Å². The van der Waals surface area contributed by atoms with E-state index in [0.29, 0.717) is 6.54 Å². The Hall–Kier alpha value is -2.92. The van der Waals surface area contributed by atoms with Crippen LogP contribution in [0.2, 0.25) is 0 Å². The summed E-state index contributed by atoms with van der Waals surface area (Å²) in [6, 6.07) is 19.3. The highest BCUT2D eigenvalue weighted by Crippen LogP contribution is 2.45. The van der Waals surface area contributed by atoms with Crippen molar-refractivity contribution in [1.82, 2.24) is 5.32 Å². The van der Waals surface area contributed by atoms with Crippen molar-refractivity contribution in [3.05, 3.63) is 70.6 Å². The molecule has 3 aliphatic rings. The number of nitrogens with zero attached hydrogens (tertiary/aromatic N) is 2. The minimum Gasteiger partial charge on any atom is -0.335 e. The summed E-state index contributed by atoms with van der Waals surface area (Å²) in [5.74, 6) is 0.800. The van der Waals surface area contributed by atoms with Crippen LogP contribution in [-0.4, -0.2) is 18.8 Å².